The topological polar surface area (TPSA) is 37.4 Å². The molecule has 0 unspecified atom stereocenters. The third-order valence-electron chi connectivity index (χ3n) is 4.38. The lowest BCUT2D eigenvalue weighted by Crippen LogP contribution is -2.41. The summed E-state index contributed by atoms with van der Waals surface area (Å²) in [5.74, 6) is 0.874. The van der Waals surface area contributed by atoms with Gasteiger partial charge in [-0.25, -0.2) is 8.42 Å². The summed E-state index contributed by atoms with van der Waals surface area (Å²) >= 11 is 0. The van der Waals surface area contributed by atoms with Gasteiger partial charge in [0.2, 0.25) is 0 Å². The highest BCUT2D eigenvalue weighted by atomic mass is 32.2. The van der Waals surface area contributed by atoms with Gasteiger partial charge in [0.25, 0.3) is 0 Å². The molecule has 0 aromatic carbocycles. The Labute approximate surface area is 105 Å². The summed E-state index contributed by atoms with van der Waals surface area (Å²) in [5.41, 5.74) is 0. The second-order valence-electron chi connectivity index (χ2n) is 5.83. The molecule has 2 aliphatic rings. The van der Waals surface area contributed by atoms with Crippen LogP contribution in [0.4, 0.5) is 0 Å². The fourth-order valence-corrected chi connectivity index (χ4v) is 4.32. The van der Waals surface area contributed by atoms with Gasteiger partial charge in [0.1, 0.15) is 9.84 Å². The Bertz CT molecular complexity index is 325. The minimum absolute atomic E-state index is 0.0786. The van der Waals surface area contributed by atoms with E-state index in [0.29, 0.717) is 0 Å². The lowest BCUT2D eigenvalue weighted by molar-refractivity contribution is 0.175. The maximum absolute atomic E-state index is 11.5. The Morgan fingerprint density at radius 2 is 1.59 bits per heavy atom. The molecule has 0 aromatic heterocycles. The van der Waals surface area contributed by atoms with Crippen LogP contribution in [0.2, 0.25) is 0 Å². The fraction of sp³-hybridized carbons (Fsp3) is 1.00. The lowest BCUT2D eigenvalue weighted by atomic mass is 9.88. The minimum Gasteiger partial charge on any atom is -0.303 e. The van der Waals surface area contributed by atoms with Gasteiger partial charge < -0.3 is 4.90 Å². The van der Waals surface area contributed by atoms with Gasteiger partial charge in [0.05, 0.1) is 5.25 Å². The van der Waals surface area contributed by atoms with E-state index in [4.69, 9.17) is 0 Å². The van der Waals surface area contributed by atoms with Gasteiger partial charge in [-0.2, -0.15) is 0 Å². The number of likely N-dealkylation sites (tertiary alicyclic amines) is 1. The van der Waals surface area contributed by atoms with Gasteiger partial charge in [0, 0.05) is 12.8 Å². The molecule has 2 rings (SSSR count). The molecule has 1 aliphatic heterocycles. The monoisotopic (exact) mass is 259 g/mol. The summed E-state index contributed by atoms with van der Waals surface area (Å²) in [6.45, 7) is 3.17. The molecule has 0 bridgehead atoms. The van der Waals surface area contributed by atoms with Gasteiger partial charge >= 0.3 is 0 Å². The zero-order valence-corrected chi connectivity index (χ0v) is 11.7. The number of hydrogen-bond donors (Lipinski definition) is 0. The van der Waals surface area contributed by atoms with Crippen LogP contribution in [0, 0.1) is 5.92 Å². The third kappa shape index (κ3) is 3.95. The van der Waals surface area contributed by atoms with Crippen molar-refractivity contribution in [2.45, 2.75) is 50.2 Å². The molecule has 0 radical (unpaired) electrons. The van der Waals surface area contributed by atoms with E-state index in [1.54, 1.807) is 0 Å². The molecule has 0 spiro atoms. The van der Waals surface area contributed by atoms with Crippen LogP contribution in [0.3, 0.4) is 0 Å². The predicted octanol–water partition coefficient (Wildman–Crippen LogP) is 2.08. The van der Waals surface area contributed by atoms with Gasteiger partial charge in [-0.05, 0) is 44.7 Å². The predicted molar refractivity (Wildman–Crippen MR) is 70.9 cm³/mol. The number of hydrogen-bond acceptors (Lipinski definition) is 3. The first-order chi connectivity index (χ1) is 8.05. The summed E-state index contributed by atoms with van der Waals surface area (Å²) in [6.07, 6.45) is 10.0. The quantitative estimate of drug-likeness (QED) is 0.778. The standard InChI is InChI=1S/C13H25NO2S/c1-17(15,16)13-7-9-14(10-8-13)11-12-5-3-2-4-6-12/h12-13H,2-11H2,1H3. The first-order valence-electron chi connectivity index (χ1n) is 6.97. The van der Waals surface area contributed by atoms with Gasteiger partial charge in [-0.3, -0.25) is 0 Å². The molecule has 4 heteroatoms. The van der Waals surface area contributed by atoms with Crippen LogP contribution in [0.15, 0.2) is 0 Å². The maximum Gasteiger partial charge on any atom is 0.150 e. The summed E-state index contributed by atoms with van der Waals surface area (Å²) in [6, 6.07) is 0. The van der Waals surface area contributed by atoms with E-state index in [1.807, 2.05) is 0 Å². The zero-order chi connectivity index (χ0) is 12.3. The van der Waals surface area contributed by atoms with Crippen molar-refractivity contribution in [3.63, 3.8) is 0 Å². The van der Waals surface area contributed by atoms with Crippen LogP contribution < -0.4 is 0 Å². The molecule has 0 N–H and O–H groups in total. The van der Waals surface area contributed by atoms with Crippen molar-refractivity contribution in [3.8, 4) is 0 Å². The Balaban J connectivity index is 1.75. The number of nitrogens with zero attached hydrogens (tertiary/aromatic N) is 1. The fourth-order valence-electron chi connectivity index (χ4n) is 3.25. The van der Waals surface area contributed by atoms with Gasteiger partial charge in [0.15, 0.2) is 0 Å². The highest BCUT2D eigenvalue weighted by Crippen LogP contribution is 2.26. The van der Waals surface area contributed by atoms with Gasteiger partial charge in [-0.1, -0.05) is 19.3 Å². The molecular weight excluding hydrogens is 234 g/mol. The average Bonchev–Trinajstić information content (AvgIpc) is 2.30. The molecule has 0 atom stereocenters. The van der Waals surface area contributed by atoms with E-state index in [9.17, 15) is 8.42 Å². The highest BCUT2D eigenvalue weighted by Gasteiger charge is 2.27. The molecule has 3 nitrogen and oxygen atoms in total. The van der Waals surface area contributed by atoms with E-state index >= 15 is 0 Å². The second-order valence-corrected chi connectivity index (χ2v) is 8.16. The van der Waals surface area contributed by atoms with Crippen molar-refractivity contribution in [1.82, 2.24) is 4.90 Å². The maximum atomic E-state index is 11.5. The van der Waals surface area contributed by atoms with E-state index < -0.39 is 9.84 Å². The van der Waals surface area contributed by atoms with Crippen LogP contribution in [-0.4, -0.2) is 44.5 Å². The molecule has 0 amide bonds. The van der Waals surface area contributed by atoms with Crippen molar-refractivity contribution in [1.29, 1.82) is 0 Å². The van der Waals surface area contributed by atoms with E-state index in [0.717, 1.165) is 31.8 Å². The molecule has 1 saturated carbocycles. The van der Waals surface area contributed by atoms with Gasteiger partial charge in [-0.15, -0.1) is 0 Å². The lowest BCUT2D eigenvalue weighted by Gasteiger charge is -2.34. The van der Waals surface area contributed by atoms with E-state index in [1.165, 1.54) is 44.9 Å². The SMILES string of the molecule is CS(=O)(=O)C1CCN(CC2CCCCC2)CC1. The second kappa shape index (κ2) is 5.70. The Hall–Kier alpha value is -0.0900. The molecule has 100 valence electrons. The summed E-state index contributed by atoms with van der Waals surface area (Å²) in [5, 5.41) is -0.0786. The first kappa shape index (κ1) is 13.3. The largest absolute Gasteiger partial charge is 0.303 e. The normalized spacial score (nSPS) is 26.2. The van der Waals surface area contributed by atoms with Crippen molar-refractivity contribution in [2.75, 3.05) is 25.9 Å². The summed E-state index contributed by atoms with van der Waals surface area (Å²) in [4.78, 5) is 2.48. The Morgan fingerprint density at radius 3 is 2.12 bits per heavy atom. The van der Waals surface area contributed by atoms with Crippen LogP contribution in [0.25, 0.3) is 0 Å². The highest BCUT2D eigenvalue weighted by molar-refractivity contribution is 7.91. The number of piperidine rings is 1. The first-order valence-corrected chi connectivity index (χ1v) is 8.92. The molecule has 2 fully saturated rings. The van der Waals surface area contributed by atoms with Crippen molar-refractivity contribution in [3.05, 3.63) is 0 Å². The third-order valence-corrected chi connectivity index (χ3v) is 6.06. The van der Waals surface area contributed by atoms with Crippen LogP contribution in [0.5, 0.6) is 0 Å². The summed E-state index contributed by atoms with van der Waals surface area (Å²) < 4.78 is 22.9. The smallest absolute Gasteiger partial charge is 0.150 e. The molecule has 1 heterocycles. The van der Waals surface area contributed by atoms with Crippen LogP contribution in [0.1, 0.15) is 44.9 Å². The molecular formula is C13H25NO2S. The number of rotatable bonds is 3. The van der Waals surface area contributed by atoms with Crippen LogP contribution >= 0.6 is 0 Å². The zero-order valence-electron chi connectivity index (χ0n) is 10.9. The average molecular weight is 259 g/mol. The van der Waals surface area contributed by atoms with Crippen molar-refractivity contribution >= 4 is 9.84 Å². The Kier molecular flexibility index (Phi) is 4.47. The minimum atomic E-state index is -2.81. The van der Waals surface area contributed by atoms with Crippen molar-refractivity contribution in [2.24, 2.45) is 5.92 Å². The van der Waals surface area contributed by atoms with Crippen LogP contribution in [-0.2, 0) is 9.84 Å². The molecule has 17 heavy (non-hydrogen) atoms. The molecule has 1 saturated heterocycles. The van der Waals surface area contributed by atoms with E-state index in [-0.39, 0.29) is 5.25 Å². The van der Waals surface area contributed by atoms with Crippen molar-refractivity contribution < 1.29 is 8.42 Å². The number of sulfone groups is 1. The molecule has 1 aliphatic carbocycles. The Morgan fingerprint density at radius 1 is 1.00 bits per heavy atom. The van der Waals surface area contributed by atoms with E-state index in [2.05, 4.69) is 4.90 Å². The molecule has 0 aromatic rings. The summed E-state index contributed by atoms with van der Waals surface area (Å²) in [7, 11) is -2.81.